The van der Waals surface area contributed by atoms with Crippen LogP contribution in [0.1, 0.15) is 19.4 Å². The largest absolute Gasteiger partial charge is 0.335 e. The first-order valence-corrected chi connectivity index (χ1v) is 10.1. The van der Waals surface area contributed by atoms with Gasteiger partial charge in [0, 0.05) is 31.8 Å². The van der Waals surface area contributed by atoms with Crippen LogP contribution in [0.3, 0.4) is 0 Å². The number of sulfonamides is 1. The van der Waals surface area contributed by atoms with E-state index < -0.39 is 14.9 Å². The van der Waals surface area contributed by atoms with Gasteiger partial charge in [-0.15, -0.1) is 0 Å². The average molecular weight is 405 g/mol. The van der Waals surface area contributed by atoms with Crippen LogP contribution in [-0.2, 0) is 21.4 Å². The summed E-state index contributed by atoms with van der Waals surface area (Å²) in [4.78, 5) is 24.4. The van der Waals surface area contributed by atoms with Gasteiger partial charge < -0.3 is 4.90 Å². The maximum absolute atomic E-state index is 12.8. The number of carbonyl (C=O) groups excluding carboxylic acids is 1. The van der Waals surface area contributed by atoms with Gasteiger partial charge in [-0.1, -0.05) is 36.4 Å². The van der Waals surface area contributed by atoms with Crippen molar-refractivity contribution in [2.75, 3.05) is 13.6 Å². The number of nitro benzene ring substituents is 1. The summed E-state index contributed by atoms with van der Waals surface area (Å²) >= 11 is 0. The molecular weight excluding hydrogens is 382 g/mol. The molecule has 2 rings (SSSR count). The van der Waals surface area contributed by atoms with Crippen molar-refractivity contribution in [1.82, 2.24) is 9.21 Å². The molecule has 0 atom stereocenters. The standard InChI is InChI=1S/C19H23N3O5S/c1-15(2)21(13-16-8-5-4-6-9-16)19(23)14-20(3)28(26,27)18-11-7-10-17(12-18)22(24)25/h4-12,15H,13-14H2,1-3H3. The van der Waals surface area contributed by atoms with Crippen LogP contribution in [0.25, 0.3) is 0 Å². The molecule has 2 aromatic carbocycles. The second kappa shape index (κ2) is 8.94. The van der Waals surface area contributed by atoms with Gasteiger partial charge in [0.1, 0.15) is 0 Å². The number of benzene rings is 2. The molecule has 0 spiro atoms. The summed E-state index contributed by atoms with van der Waals surface area (Å²) in [6.07, 6.45) is 0. The van der Waals surface area contributed by atoms with Crippen molar-refractivity contribution in [2.45, 2.75) is 31.3 Å². The topological polar surface area (TPSA) is 101 Å². The molecule has 8 nitrogen and oxygen atoms in total. The molecule has 0 unspecified atom stereocenters. The van der Waals surface area contributed by atoms with Gasteiger partial charge >= 0.3 is 0 Å². The van der Waals surface area contributed by atoms with E-state index in [4.69, 9.17) is 0 Å². The lowest BCUT2D eigenvalue weighted by Crippen LogP contribution is -2.43. The van der Waals surface area contributed by atoms with Gasteiger partial charge in [0.05, 0.1) is 16.4 Å². The molecule has 1 amide bonds. The zero-order valence-corrected chi connectivity index (χ0v) is 16.8. The van der Waals surface area contributed by atoms with Crippen LogP contribution in [0.5, 0.6) is 0 Å². The normalized spacial score (nSPS) is 11.6. The molecule has 9 heteroatoms. The number of likely N-dealkylation sites (N-methyl/N-ethyl adjacent to an activating group) is 1. The van der Waals surface area contributed by atoms with Crippen molar-refractivity contribution in [3.8, 4) is 0 Å². The van der Waals surface area contributed by atoms with Crippen LogP contribution in [-0.4, -0.2) is 48.1 Å². The Morgan fingerprint density at radius 1 is 1.11 bits per heavy atom. The molecular formula is C19H23N3O5S. The molecule has 0 heterocycles. The Hall–Kier alpha value is -2.78. The van der Waals surface area contributed by atoms with Crippen molar-refractivity contribution in [3.63, 3.8) is 0 Å². The zero-order chi connectivity index (χ0) is 20.9. The highest BCUT2D eigenvalue weighted by Gasteiger charge is 2.27. The van der Waals surface area contributed by atoms with Crippen molar-refractivity contribution in [1.29, 1.82) is 0 Å². The Kier molecular flexibility index (Phi) is 6.87. The van der Waals surface area contributed by atoms with E-state index in [2.05, 4.69) is 0 Å². The first-order valence-electron chi connectivity index (χ1n) is 8.67. The molecule has 0 saturated heterocycles. The molecule has 0 aromatic heterocycles. The summed E-state index contributed by atoms with van der Waals surface area (Å²) in [6, 6.07) is 14.1. The summed E-state index contributed by atoms with van der Waals surface area (Å²) in [5.41, 5.74) is 0.613. The van der Waals surface area contributed by atoms with E-state index in [1.807, 2.05) is 44.2 Å². The summed E-state index contributed by atoms with van der Waals surface area (Å²) in [5.74, 6) is -0.352. The zero-order valence-electron chi connectivity index (χ0n) is 16.0. The van der Waals surface area contributed by atoms with Gasteiger partial charge in [-0.3, -0.25) is 14.9 Å². The summed E-state index contributed by atoms with van der Waals surface area (Å²) in [5, 5.41) is 10.9. The number of hydrogen-bond acceptors (Lipinski definition) is 5. The van der Waals surface area contributed by atoms with E-state index in [9.17, 15) is 23.3 Å². The van der Waals surface area contributed by atoms with Gasteiger partial charge in [-0.2, -0.15) is 4.31 Å². The fourth-order valence-corrected chi connectivity index (χ4v) is 3.80. The summed E-state index contributed by atoms with van der Waals surface area (Å²) in [6.45, 7) is 3.71. The van der Waals surface area contributed by atoms with E-state index in [0.717, 1.165) is 15.9 Å². The minimum Gasteiger partial charge on any atom is -0.335 e. The highest BCUT2D eigenvalue weighted by atomic mass is 32.2. The molecule has 0 bridgehead atoms. The lowest BCUT2D eigenvalue weighted by atomic mass is 10.2. The maximum Gasteiger partial charge on any atom is 0.270 e. The van der Waals surface area contributed by atoms with Crippen molar-refractivity contribution in [3.05, 3.63) is 70.3 Å². The van der Waals surface area contributed by atoms with Crippen LogP contribution in [0.2, 0.25) is 0 Å². The van der Waals surface area contributed by atoms with Gasteiger partial charge in [0.25, 0.3) is 5.69 Å². The number of hydrogen-bond donors (Lipinski definition) is 0. The van der Waals surface area contributed by atoms with E-state index >= 15 is 0 Å². The van der Waals surface area contributed by atoms with E-state index in [-0.39, 0.29) is 29.1 Å². The minimum absolute atomic E-state index is 0.123. The first kappa shape index (κ1) is 21.5. The van der Waals surface area contributed by atoms with Gasteiger partial charge in [-0.25, -0.2) is 8.42 Å². The van der Waals surface area contributed by atoms with Gasteiger partial charge in [-0.05, 0) is 25.5 Å². The first-order chi connectivity index (χ1) is 13.1. The van der Waals surface area contributed by atoms with E-state index in [0.29, 0.717) is 6.54 Å². The predicted molar refractivity (Wildman–Crippen MR) is 105 cm³/mol. The number of nitro groups is 1. The Labute approximate surface area is 164 Å². The summed E-state index contributed by atoms with van der Waals surface area (Å²) in [7, 11) is -2.76. The summed E-state index contributed by atoms with van der Waals surface area (Å²) < 4.78 is 26.4. The molecule has 0 radical (unpaired) electrons. The lowest BCUT2D eigenvalue weighted by Gasteiger charge is -2.29. The molecule has 0 aliphatic heterocycles. The third-order valence-electron chi connectivity index (χ3n) is 4.23. The number of carbonyl (C=O) groups is 1. The van der Waals surface area contributed by atoms with Gasteiger partial charge in [0.2, 0.25) is 15.9 Å². The Bertz CT molecular complexity index is 945. The molecule has 0 N–H and O–H groups in total. The Balaban J connectivity index is 2.18. The number of amides is 1. The second-order valence-corrected chi connectivity index (χ2v) is 8.66. The SMILES string of the molecule is CC(C)N(Cc1ccccc1)C(=O)CN(C)S(=O)(=O)c1cccc([N+](=O)[O-])c1. The highest BCUT2D eigenvalue weighted by molar-refractivity contribution is 7.89. The van der Waals surface area contributed by atoms with Crippen LogP contribution >= 0.6 is 0 Å². The number of nitrogens with zero attached hydrogens (tertiary/aromatic N) is 3. The van der Waals surface area contributed by atoms with Crippen molar-refractivity contribution >= 4 is 21.6 Å². The third kappa shape index (κ3) is 5.14. The van der Waals surface area contributed by atoms with Crippen LogP contribution < -0.4 is 0 Å². The van der Waals surface area contributed by atoms with Crippen LogP contribution in [0, 0.1) is 10.1 Å². The Morgan fingerprint density at radius 3 is 2.32 bits per heavy atom. The molecule has 150 valence electrons. The molecule has 0 aliphatic carbocycles. The average Bonchev–Trinajstić information content (AvgIpc) is 2.66. The highest BCUT2D eigenvalue weighted by Crippen LogP contribution is 2.20. The monoisotopic (exact) mass is 405 g/mol. The number of non-ortho nitro benzene ring substituents is 1. The van der Waals surface area contributed by atoms with E-state index in [1.54, 1.807) is 4.90 Å². The molecule has 0 aliphatic rings. The van der Waals surface area contributed by atoms with Crippen molar-refractivity contribution < 1.29 is 18.1 Å². The predicted octanol–water partition coefficient (Wildman–Crippen LogP) is 2.65. The maximum atomic E-state index is 12.8. The molecule has 0 saturated carbocycles. The van der Waals surface area contributed by atoms with Gasteiger partial charge in [0.15, 0.2) is 0 Å². The lowest BCUT2D eigenvalue weighted by molar-refractivity contribution is -0.385. The van der Waals surface area contributed by atoms with Crippen LogP contribution in [0.15, 0.2) is 59.5 Å². The quantitative estimate of drug-likeness (QED) is 0.496. The van der Waals surface area contributed by atoms with Crippen molar-refractivity contribution in [2.24, 2.45) is 0 Å². The fraction of sp³-hybridized carbons (Fsp3) is 0.316. The smallest absolute Gasteiger partial charge is 0.270 e. The fourth-order valence-electron chi connectivity index (χ4n) is 2.64. The van der Waals surface area contributed by atoms with Crippen LogP contribution in [0.4, 0.5) is 5.69 Å². The minimum atomic E-state index is -4.04. The van der Waals surface area contributed by atoms with E-state index in [1.165, 1.54) is 25.2 Å². The Morgan fingerprint density at radius 2 is 1.75 bits per heavy atom. The number of rotatable bonds is 8. The molecule has 28 heavy (non-hydrogen) atoms. The molecule has 0 fully saturated rings. The molecule has 2 aromatic rings. The second-order valence-electron chi connectivity index (χ2n) is 6.62. The third-order valence-corrected chi connectivity index (χ3v) is 6.03.